The lowest BCUT2D eigenvalue weighted by Crippen LogP contribution is -2.24. The van der Waals surface area contributed by atoms with Gasteiger partial charge in [-0.05, 0) is 166 Å². The van der Waals surface area contributed by atoms with Crippen molar-refractivity contribution in [3.8, 4) is 39.9 Å². The van der Waals surface area contributed by atoms with Crippen LogP contribution < -0.4 is 18.9 Å². The number of aromatic nitrogens is 7. The normalized spacial score (nSPS) is 13.6. The molecule has 5 aromatic carbocycles. The fraction of sp³-hybridized carbons (Fsp3) is 0.310. The second-order valence-corrected chi connectivity index (χ2v) is 26.3. The van der Waals surface area contributed by atoms with Crippen molar-refractivity contribution >= 4 is 77.5 Å². The predicted octanol–water partition coefficient (Wildman–Crippen LogP) is 19.4. The zero-order valence-electron chi connectivity index (χ0n) is 59.1. The summed E-state index contributed by atoms with van der Waals surface area (Å²) in [6, 6.07) is 20.1. The first-order valence-corrected chi connectivity index (χ1v) is 36.2. The highest BCUT2D eigenvalue weighted by molar-refractivity contribution is 9.10. The molecule has 0 bridgehead atoms. The lowest BCUT2D eigenvalue weighted by molar-refractivity contribution is -0.165. The molecule has 0 amide bonds. The molecule has 2 aliphatic heterocycles. The monoisotopic (exact) mass is 1770 g/mol. The molecule has 117 heavy (non-hydrogen) atoms. The smallest absolute Gasteiger partial charge is 0.178 e. The van der Waals surface area contributed by atoms with Crippen LogP contribution in [0.15, 0.2) is 150 Å². The largest absolute Gasteiger partial charge is 0.505 e. The third-order valence-electron chi connectivity index (χ3n) is 17.1. The summed E-state index contributed by atoms with van der Waals surface area (Å²) in [5, 5.41) is 39.2. The number of aliphatic hydroxyl groups is 3. The van der Waals surface area contributed by atoms with Crippen LogP contribution in [0.25, 0.3) is 44.2 Å². The number of pyridine rings is 4. The van der Waals surface area contributed by atoms with Gasteiger partial charge in [0.25, 0.3) is 0 Å². The number of phenolic OH excluding ortho intramolecular Hbond substituents is 1. The highest BCUT2D eigenvalue weighted by Gasteiger charge is 2.27. The third-order valence-corrected chi connectivity index (χ3v) is 18.0. The van der Waals surface area contributed by atoms with Crippen LogP contribution in [0.1, 0.15) is 136 Å². The Balaban J connectivity index is 0.000000265. The molecule has 0 aliphatic carbocycles. The molecule has 0 radical (unpaired) electrons. The second-order valence-electron chi connectivity index (χ2n) is 24.5. The molecule has 7 N–H and O–H groups in total. The van der Waals surface area contributed by atoms with Gasteiger partial charge < -0.3 is 73.3 Å². The summed E-state index contributed by atoms with van der Waals surface area (Å²) in [5.41, 5.74) is 3.28. The van der Waals surface area contributed by atoms with Gasteiger partial charge in [0.1, 0.15) is 78.6 Å². The van der Waals surface area contributed by atoms with E-state index in [9.17, 15) is 54.2 Å². The number of carbonyl (C=O) groups excluding carboxylic acids is 2. The first-order chi connectivity index (χ1) is 54.2. The van der Waals surface area contributed by atoms with Crippen molar-refractivity contribution < 1.29 is 112 Å². The number of carbonyl (C=O) groups is 2. The molecular formula is C84H91Br2F10N7O14. The number of halogens is 12. The molecule has 3 atom stereocenters. The van der Waals surface area contributed by atoms with E-state index in [1.807, 2.05) is 24.3 Å². The number of rotatable bonds is 25. The topological polar surface area (TPSA) is 288 Å². The number of aromatic hydroxyl groups is 1. The van der Waals surface area contributed by atoms with E-state index < -0.39 is 86.7 Å². The van der Waals surface area contributed by atoms with Crippen LogP contribution in [-0.2, 0) is 31.8 Å². The van der Waals surface area contributed by atoms with E-state index in [2.05, 4.69) is 66.7 Å². The van der Waals surface area contributed by atoms with Crippen molar-refractivity contribution in [1.29, 1.82) is 0 Å². The Kier molecular flexibility index (Phi) is 39.7. The Morgan fingerprint density at radius 1 is 0.479 bits per heavy atom. The van der Waals surface area contributed by atoms with Crippen molar-refractivity contribution in [2.45, 2.75) is 107 Å². The zero-order chi connectivity index (χ0) is 79.8. The van der Waals surface area contributed by atoms with Crippen LogP contribution in [0.5, 0.6) is 28.7 Å². The molecule has 33 heteroatoms. The van der Waals surface area contributed by atoms with Crippen molar-refractivity contribution in [1.82, 2.24) is 34.9 Å². The van der Waals surface area contributed by atoms with E-state index in [0.29, 0.717) is 51.1 Å². The molecule has 14 rings (SSSR count). The Morgan fingerprint density at radius 2 is 0.915 bits per heavy atom. The Morgan fingerprint density at radius 3 is 1.39 bits per heavy atom. The number of fused-ring (bicyclic) bond motifs is 3. The number of phenols is 1. The number of hydrogen-bond acceptors (Lipinski definition) is 18. The van der Waals surface area contributed by atoms with E-state index in [4.69, 9.17) is 53.2 Å². The molecule has 21 nitrogen and oxygen atoms in total. The van der Waals surface area contributed by atoms with Gasteiger partial charge in [0.2, 0.25) is 0 Å². The predicted molar refractivity (Wildman–Crippen MR) is 430 cm³/mol. The standard InChI is InChI=1S/C21H21BrF2N2O4.C21H17F2N3O2.C16H13BrF2N2O2.C14H16F2O4.C7H4F2O2.5CH4/c22-12-9-13-14(11-26-21(13)25-10-12)20(27)18-15(23)4-5-16(19(18)24)28-7-8-30-17-3-1-2-6-29-17;22-18-3-4-19(28-7-6-27)20(23)17(18)9-15-12-26-21-16(15)8-14(11-25-21)13-2-1-5-24-10-13;17-10-6-11-9(7-20-16(11)21-8-10)5-12-13(18)1-2-14(15(12)19)23-4-3-22;15-11-4-5-12(14(16)10(11)9-17)18-7-8-20-13-3-1-2-6-19-13;8-5-1-2-6(11)7(9)4(5)3-10;;;;;/h4-5,9-11,17,20,27H,1-3,6-8H2,(H,25,26);1-5,8,10-12,27H,6-7,9H2,(H,25,26);1-2,6-8,22H,3-5H2,(H,20,21);4-5,9,13H,1-3,6-8H2;1-3,11H;5*1H4. The zero-order valence-corrected chi connectivity index (χ0v) is 62.3. The van der Waals surface area contributed by atoms with Crippen LogP contribution in [0.4, 0.5) is 43.9 Å². The highest BCUT2D eigenvalue weighted by atomic mass is 79.9. The van der Waals surface area contributed by atoms with E-state index in [1.165, 1.54) is 30.5 Å². The number of benzene rings is 5. The SMILES string of the molecule is C.C.C.C.C.O=Cc1c(F)ccc(O)c1F.O=Cc1c(F)ccc(OCCOC2CCCCO2)c1F.OC(c1c(F)ccc(OCCOC2CCCCO2)c1F)c1c[nH]c2ncc(Br)cc12.OCCOc1ccc(F)c(Cc2c[nH]c3ncc(-c4cccnc4)cc23)c1F.OCCOc1ccc(F)c(Cc2c[nH]c3ncc(Br)cc23)c1F. The van der Waals surface area contributed by atoms with E-state index in [-0.39, 0.29) is 162 Å². The summed E-state index contributed by atoms with van der Waals surface area (Å²) in [7, 11) is 0. The minimum atomic E-state index is -1.54. The molecule has 0 saturated carbocycles. The van der Waals surface area contributed by atoms with Gasteiger partial charge in [0.05, 0.1) is 43.1 Å². The lowest BCUT2D eigenvalue weighted by atomic mass is 10.00. The fourth-order valence-corrected chi connectivity index (χ4v) is 12.2. The number of hydrogen-bond donors (Lipinski definition) is 7. The molecule has 630 valence electrons. The molecule has 12 aromatic rings. The lowest BCUT2D eigenvalue weighted by Gasteiger charge is -2.22. The summed E-state index contributed by atoms with van der Waals surface area (Å²) in [6.07, 6.45) is 17.2. The van der Waals surface area contributed by atoms with Crippen molar-refractivity contribution in [2.24, 2.45) is 0 Å². The Labute approximate surface area is 685 Å². The Bertz CT molecular complexity index is 5160. The van der Waals surface area contributed by atoms with E-state index >= 15 is 4.39 Å². The third kappa shape index (κ3) is 25.6. The van der Waals surface area contributed by atoms with Crippen molar-refractivity contribution in [3.05, 3.63) is 252 Å². The van der Waals surface area contributed by atoms with Crippen LogP contribution in [0.2, 0.25) is 0 Å². The average Bonchev–Trinajstić information content (AvgIpc) is 1.69. The van der Waals surface area contributed by atoms with Crippen molar-refractivity contribution in [2.75, 3.05) is 66.1 Å². The summed E-state index contributed by atoms with van der Waals surface area (Å²) >= 11 is 6.65. The summed E-state index contributed by atoms with van der Waals surface area (Å²) in [4.78, 5) is 46.4. The fourth-order valence-electron chi connectivity index (χ4n) is 11.5. The van der Waals surface area contributed by atoms with Gasteiger partial charge in [-0.2, -0.15) is 0 Å². The molecule has 2 fully saturated rings. The average molecular weight is 1770 g/mol. The van der Waals surface area contributed by atoms with Gasteiger partial charge in [-0.3, -0.25) is 14.6 Å². The molecule has 7 aromatic heterocycles. The number of nitrogens with zero attached hydrogens (tertiary/aromatic N) is 4. The van der Waals surface area contributed by atoms with Gasteiger partial charge in [0, 0.05) is 129 Å². The van der Waals surface area contributed by atoms with E-state index in [0.717, 1.165) is 107 Å². The molecule has 0 spiro atoms. The minimum absolute atomic E-state index is 0. The molecule has 2 saturated heterocycles. The Hall–Kier alpha value is -10.4. The first-order valence-electron chi connectivity index (χ1n) is 34.6. The van der Waals surface area contributed by atoms with Crippen LogP contribution in [-0.4, -0.2) is 147 Å². The van der Waals surface area contributed by atoms with Crippen LogP contribution >= 0.6 is 31.9 Å². The molecular weight excluding hydrogens is 1680 g/mol. The first kappa shape index (κ1) is 97.2. The number of H-pyrrole nitrogens is 3. The number of aromatic amines is 3. The van der Waals surface area contributed by atoms with Gasteiger partial charge in [-0.1, -0.05) is 43.2 Å². The van der Waals surface area contributed by atoms with Gasteiger partial charge >= 0.3 is 0 Å². The minimum Gasteiger partial charge on any atom is -0.505 e. The maximum absolute atomic E-state index is 15.0. The number of aliphatic hydroxyl groups excluding tert-OH is 3. The summed E-state index contributed by atoms with van der Waals surface area (Å²) < 4.78 is 183. The van der Waals surface area contributed by atoms with Gasteiger partial charge in [-0.25, -0.2) is 58.9 Å². The quantitative estimate of drug-likeness (QED) is 0.0159. The highest BCUT2D eigenvalue weighted by Crippen LogP contribution is 2.37. The number of aldehydes is 2. The maximum atomic E-state index is 15.0. The van der Waals surface area contributed by atoms with Crippen molar-refractivity contribution in [3.63, 3.8) is 0 Å². The summed E-state index contributed by atoms with van der Waals surface area (Å²) in [6.45, 7) is 1.35. The van der Waals surface area contributed by atoms with Gasteiger partial charge in [-0.15, -0.1) is 0 Å². The van der Waals surface area contributed by atoms with Gasteiger partial charge in [0.15, 0.2) is 83.0 Å². The number of ether oxygens (including phenoxy) is 8. The number of nitrogens with one attached hydrogen (secondary N) is 3. The van der Waals surface area contributed by atoms with E-state index in [1.54, 1.807) is 49.4 Å². The molecule has 3 unspecified atom stereocenters. The van der Waals surface area contributed by atoms with Crippen LogP contribution in [0, 0.1) is 58.2 Å². The summed E-state index contributed by atoms with van der Waals surface area (Å²) in [5.74, 6) is -9.93. The molecule has 2 aliphatic rings. The van der Waals surface area contributed by atoms with Crippen LogP contribution in [0.3, 0.4) is 0 Å². The maximum Gasteiger partial charge on any atom is 0.178 e. The molecule has 9 heterocycles. The second kappa shape index (κ2) is 47.8.